The Labute approximate surface area is 103 Å². The lowest BCUT2D eigenvalue weighted by Gasteiger charge is -2.14. The first-order valence-corrected chi connectivity index (χ1v) is 7.20. The van der Waals surface area contributed by atoms with Crippen LogP contribution < -0.4 is 5.32 Å². The van der Waals surface area contributed by atoms with E-state index in [1.165, 1.54) is 29.5 Å². The third-order valence-electron chi connectivity index (χ3n) is 3.50. The molecule has 1 aromatic carbocycles. The van der Waals surface area contributed by atoms with Crippen LogP contribution in [0.3, 0.4) is 0 Å². The Bertz CT molecular complexity index is 369. The number of aryl methyl sites for hydroxylation is 2. The minimum atomic E-state index is 0.568. The van der Waals surface area contributed by atoms with Gasteiger partial charge in [-0.05, 0) is 44.1 Å². The van der Waals surface area contributed by atoms with Crippen molar-refractivity contribution < 1.29 is 0 Å². The Hall–Kier alpha value is -0.470. The highest BCUT2D eigenvalue weighted by atomic mass is 32.2. The summed E-state index contributed by atoms with van der Waals surface area (Å²) >= 11 is 2.02. The van der Waals surface area contributed by atoms with Crippen LogP contribution in [0.15, 0.2) is 18.2 Å². The van der Waals surface area contributed by atoms with Crippen molar-refractivity contribution in [3.05, 3.63) is 34.9 Å². The van der Waals surface area contributed by atoms with E-state index >= 15 is 0 Å². The van der Waals surface area contributed by atoms with Gasteiger partial charge in [-0.3, -0.25) is 0 Å². The molecule has 88 valence electrons. The average molecular weight is 235 g/mol. The Morgan fingerprint density at radius 2 is 2.06 bits per heavy atom. The second-order valence-electron chi connectivity index (χ2n) is 4.92. The molecule has 0 aliphatic heterocycles. The summed E-state index contributed by atoms with van der Waals surface area (Å²) in [6.07, 6.45) is 4.99. The molecule has 2 rings (SSSR count). The van der Waals surface area contributed by atoms with Gasteiger partial charge in [0.05, 0.1) is 0 Å². The molecule has 1 aliphatic rings. The van der Waals surface area contributed by atoms with Crippen molar-refractivity contribution >= 4 is 11.8 Å². The van der Waals surface area contributed by atoms with Gasteiger partial charge in [0.15, 0.2) is 0 Å². The number of rotatable bonds is 5. The van der Waals surface area contributed by atoms with Gasteiger partial charge in [-0.1, -0.05) is 23.8 Å². The van der Waals surface area contributed by atoms with Gasteiger partial charge in [-0.15, -0.1) is 0 Å². The Kier molecular flexibility index (Phi) is 3.60. The quantitative estimate of drug-likeness (QED) is 0.840. The fourth-order valence-corrected chi connectivity index (χ4v) is 2.82. The van der Waals surface area contributed by atoms with Gasteiger partial charge in [0, 0.05) is 17.8 Å². The summed E-state index contributed by atoms with van der Waals surface area (Å²) in [6.45, 7) is 6.51. The molecule has 0 radical (unpaired) electrons. The maximum absolute atomic E-state index is 3.59. The summed E-state index contributed by atoms with van der Waals surface area (Å²) in [5, 5.41) is 3.59. The van der Waals surface area contributed by atoms with Crippen molar-refractivity contribution in [1.29, 1.82) is 0 Å². The fourth-order valence-electron chi connectivity index (χ4n) is 2.06. The zero-order valence-electron chi connectivity index (χ0n) is 10.5. The van der Waals surface area contributed by atoms with E-state index in [-0.39, 0.29) is 0 Å². The molecule has 16 heavy (non-hydrogen) atoms. The first-order chi connectivity index (χ1) is 7.65. The molecule has 0 heterocycles. The van der Waals surface area contributed by atoms with Crippen LogP contribution in [0.4, 0.5) is 0 Å². The fraction of sp³-hybridized carbons (Fsp3) is 0.571. The van der Waals surface area contributed by atoms with Crippen molar-refractivity contribution in [2.45, 2.75) is 38.0 Å². The normalized spacial score (nSPS) is 17.4. The number of benzene rings is 1. The average Bonchev–Trinajstić information content (AvgIpc) is 3.02. The Morgan fingerprint density at radius 1 is 1.31 bits per heavy atom. The molecule has 1 N–H and O–H groups in total. The van der Waals surface area contributed by atoms with Crippen LogP contribution in [0.25, 0.3) is 0 Å². The highest BCUT2D eigenvalue weighted by Gasteiger charge is 2.41. The van der Waals surface area contributed by atoms with Crippen LogP contribution in [-0.4, -0.2) is 17.5 Å². The molecule has 0 unspecified atom stereocenters. The lowest BCUT2D eigenvalue weighted by Crippen LogP contribution is -2.25. The van der Waals surface area contributed by atoms with Gasteiger partial charge in [0.1, 0.15) is 0 Å². The molecule has 1 saturated carbocycles. The van der Waals surface area contributed by atoms with Gasteiger partial charge in [-0.25, -0.2) is 0 Å². The smallest absolute Gasteiger partial charge is 0.0282 e. The van der Waals surface area contributed by atoms with Crippen LogP contribution >= 0.6 is 11.8 Å². The molecular weight excluding hydrogens is 214 g/mol. The lowest BCUT2D eigenvalue weighted by molar-refractivity contribution is 0.661. The predicted molar refractivity (Wildman–Crippen MR) is 73.1 cm³/mol. The maximum Gasteiger partial charge on any atom is 0.0282 e. The minimum Gasteiger partial charge on any atom is -0.311 e. The zero-order chi connectivity index (χ0) is 11.6. The molecule has 0 atom stereocenters. The third kappa shape index (κ3) is 2.80. The van der Waals surface area contributed by atoms with E-state index in [9.17, 15) is 0 Å². The van der Waals surface area contributed by atoms with Gasteiger partial charge in [0.25, 0.3) is 0 Å². The molecular formula is C14H21NS. The predicted octanol–water partition coefficient (Wildman–Crippen LogP) is 3.29. The van der Waals surface area contributed by atoms with E-state index in [1.54, 1.807) is 0 Å². The molecule has 1 nitrogen and oxygen atoms in total. The van der Waals surface area contributed by atoms with Crippen molar-refractivity contribution in [2.75, 3.05) is 12.8 Å². The Balaban J connectivity index is 1.85. The Morgan fingerprint density at radius 3 is 2.62 bits per heavy atom. The molecule has 0 saturated heterocycles. The molecule has 0 aromatic heterocycles. The number of nitrogens with one attached hydrogen (secondary N) is 1. The second-order valence-corrected chi connectivity index (χ2v) is 6.19. The highest BCUT2D eigenvalue weighted by Crippen LogP contribution is 2.46. The van der Waals surface area contributed by atoms with Crippen LogP contribution in [0.5, 0.6) is 0 Å². The van der Waals surface area contributed by atoms with Crippen molar-refractivity contribution in [1.82, 2.24) is 5.32 Å². The van der Waals surface area contributed by atoms with E-state index < -0.39 is 0 Å². The topological polar surface area (TPSA) is 12.0 Å². The van der Waals surface area contributed by atoms with Crippen molar-refractivity contribution in [3.8, 4) is 0 Å². The first-order valence-electron chi connectivity index (χ1n) is 5.97. The molecule has 1 fully saturated rings. The molecule has 0 spiro atoms. The van der Waals surface area contributed by atoms with Crippen LogP contribution in [0.2, 0.25) is 0 Å². The van der Waals surface area contributed by atoms with Gasteiger partial charge in [-0.2, -0.15) is 11.8 Å². The largest absolute Gasteiger partial charge is 0.311 e. The highest BCUT2D eigenvalue weighted by molar-refractivity contribution is 8.00. The van der Waals surface area contributed by atoms with Crippen molar-refractivity contribution in [2.24, 2.45) is 0 Å². The molecule has 1 aromatic rings. The SMILES string of the molecule is CSC1(CNCc2ccc(C)cc2C)CC1. The molecule has 1 aliphatic carbocycles. The van der Waals surface area contributed by atoms with Crippen LogP contribution in [-0.2, 0) is 6.54 Å². The molecule has 2 heteroatoms. The third-order valence-corrected chi connectivity index (χ3v) is 4.92. The summed E-state index contributed by atoms with van der Waals surface area (Å²) in [7, 11) is 0. The van der Waals surface area contributed by atoms with E-state index in [0.29, 0.717) is 4.75 Å². The minimum absolute atomic E-state index is 0.568. The van der Waals surface area contributed by atoms with E-state index in [1.807, 2.05) is 11.8 Å². The summed E-state index contributed by atoms with van der Waals surface area (Å²) in [6, 6.07) is 6.71. The molecule has 0 amide bonds. The number of hydrogen-bond donors (Lipinski definition) is 1. The summed E-state index contributed by atoms with van der Waals surface area (Å²) in [4.78, 5) is 0. The summed E-state index contributed by atoms with van der Waals surface area (Å²) in [5.74, 6) is 0. The first kappa shape index (κ1) is 12.0. The van der Waals surface area contributed by atoms with E-state index in [2.05, 4.69) is 43.6 Å². The lowest BCUT2D eigenvalue weighted by atomic mass is 10.1. The molecule has 0 bridgehead atoms. The summed E-state index contributed by atoms with van der Waals surface area (Å²) in [5.41, 5.74) is 4.19. The number of thioether (sulfide) groups is 1. The standard InChI is InChI=1S/C14H21NS/c1-11-4-5-13(12(2)8-11)9-15-10-14(16-3)6-7-14/h4-5,8,15H,6-7,9-10H2,1-3H3. The monoisotopic (exact) mass is 235 g/mol. The second kappa shape index (κ2) is 4.80. The maximum atomic E-state index is 3.59. The van der Waals surface area contributed by atoms with Gasteiger partial charge in [0.2, 0.25) is 0 Å². The van der Waals surface area contributed by atoms with Crippen LogP contribution in [0.1, 0.15) is 29.5 Å². The van der Waals surface area contributed by atoms with E-state index in [4.69, 9.17) is 0 Å². The van der Waals surface area contributed by atoms with Crippen molar-refractivity contribution in [3.63, 3.8) is 0 Å². The zero-order valence-corrected chi connectivity index (χ0v) is 11.3. The van der Waals surface area contributed by atoms with E-state index in [0.717, 1.165) is 13.1 Å². The summed E-state index contributed by atoms with van der Waals surface area (Å²) < 4.78 is 0.568. The van der Waals surface area contributed by atoms with Gasteiger partial charge >= 0.3 is 0 Å². The van der Waals surface area contributed by atoms with Crippen LogP contribution in [0, 0.1) is 13.8 Å². The van der Waals surface area contributed by atoms with Gasteiger partial charge < -0.3 is 5.32 Å². The number of hydrogen-bond acceptors (Lipinski definition) is 2.